The van der Waals surface area contributed by atoms with Gasteiger partial charge in [-0.15, -0.1) is 0 Å². The first-order valence-corrected chi connectivity index (χ1v) is 4.73. The van der Waals surface area contributed by atoms with Crippen molar-refractivity contribution < 1.29 is 17.7 Å². The van der Waals surface area contributed by atoms with E-state index < -0.39 is 16.3 Å². The molecule has 1 heterocycles. The van der Waals surface area contributed by atoms with Crippen LogP contribution >= 0.6 is 0 Å². The second-order valence-electron chi connectivity index (χ2n) is 2.62. The van der Waals surface area contributed by atoms with Gasteiger partial charge in [0.05, 0.1) is 19.3 Å². The zero-order valence-corrected chi connectivity index (χ0v) is 6.97. The fourth-order valence-corrected chi connectivity index (χ4v) is 2.01. The van der Waals surface area contributed by atoms with Crippen molar-refractivity contribution in [3.8, 4) is 0 Å². The monoisotopic (exact) mass is 181 g/mol. The minimum atomic E-state index is -3.59. The van der Waals surface area contributed by atoms with Gasteiger partial charge in [0.25, 0.3) is 0 Å². The highest BCUT2D eigenvalue weighted by Crippen LogP contribution is 2.11. The zero-order chi connectivity index (χ0) is 8.48. The van der Waals surface area contributed by atoms with Crippen molar-refractivity contribution in [2.45, 2.75) is 13.0 Å². The third-order valence-electron chi connectivity index (χ3n) is 1.67. The van der Waals surface area contributed by atoms with Crippen molar-refractivity contribution in [3.63, 3.8) is 0 Å². The maximum absolute atomic E-state index is 10.7. The number of nitrogens with one attached hydrogen (secondary N) is 1. The second-order valence-corrected chi connectivity index (χ2v) is 4.00. The van der Waals surface area contributed by atoms with Gasteiger partial charge in [-0.05, 0) is 5.92 Å². The molecule has 2 N–H and O–H groups in total. The van der Waals surface area contributed by atoms with Gasteiger partial charge in [0.2, 0.25) is 0 Å². The Balaban J connectivity index is 2.66. The van der Waals surface area contributed by atoms with Gasteiger partial charge in [-0.25, -0.2) is 0 Å². The predicted molar refractivity (Wildman–Crippen MR) is 38.0 cm³/mol. The molecule has 0 radical (unpaired) electrons. The van der Waals surface area contributed by atoms with Gasteiger partial charge in [-0.1, -0.05) is 6.92 Å². The van der Waals surface area contributed by atoms with Gasteiger partial charge < -0.3 is 5.11 Å². The van der Waals surface area contributed by atoms with Crippen molar-refractivity contribution in [1.29, 1.82) is 0 Å². The topological polar surface area (TPSA) is 75.6 Å². The summed E-state index contributed by atoms with van der Waals surface area (Å²) in [5.74, 6) is 0.0172. The third kappa shape index (κ3) is 2.13. The average molecular weight is 181 g/mol. The lowest BCUT2D eigenvalue weighted by atomic mass is 10.1. The molecule has 0 unspecified atom stereocenters. The molecule has 0 saturated carbocycles. The molecule has 5 nitrogen and oxygen atoms in total. The molecule has 1 saturated heterocycles. The number of hydrogen-bond acceptors (Lipinski definition) is 4. The van der Waals surface area contributed by atoms with Crippen LogP contribution in [0.5, 0.6) is 0 Å². The summed E-state index contributed by atoms with van der Waals surface area (Å²) in [4.78, 5) is 0. The Kier molecular flexibility index (Phi) is 2.48. The van der Waals surface area contributed by atoms with Gasteiger partial charge in [0.15, 0.2) is 0 Å². The summed E-state index contributed by atoms with van der Waals surface area (Å²) < 4.78 is 28.1. The van der Waals surface area contributed by atoms with Gasteiger partial charge >= 0.3 is 10.3 Å². The molecular formula is C5H11NO4S. The lowest BCUT2D eigenvalue weighted by Gasteiger charge is -2.27. The van der Waals surface area contributed by atoms with Crippen LogP contribution in [0.25, 0.3) is 0 Å². The smallest absolute Gasteiger partial charge is 0.336 e. The molecule has 1 aliphatic heterocycles. The molecular weight excluding hydrogens is 170 g/mol. The summed E-state index contributed by atoms with van der Waals surface area (Å²) in [6, 6.07) is -0.409. The second kappa shape index (κ2) is 3.06. The normalized spacial score (nSPS) is 36.9. The lowest BCUT2D eigenvalue weighted by molar-refractivity contribution is 0.147. The van der Waals surface area contributed by atoms with Crippen LogP contribution in [0.1, 0.15) is 6.92 Å². The van der Waals surface area contributed by atoms with Gasteiger partial charge in [0, 0.05) is 0 Å². The van der Waals surface area contributed by atoms with Gasteiger partial charge in [-0.2, -0.15) is 13.1 Å². The molecule has 0 aromatic carbocycles. The molecule has 2 atom stereocenters. The highest BCUT2D eigenvalue weighted by molar-refractivity contribution is 7.84. The van der Waals surface area contributed by atoms with Crippen LogP contribution in [0.15, 0.2) is 0 Å². The summed E-state index contributed by atoms with van der Waals surface area (Å²) in [5.41, 5.74) is 0. The maximum Gasteiger partial charge on any atom is 0.336 e. The Labute approximate surface area is 65.6 Å². The fraction of sp³-hybridized carbons (Fsp3) is 1.00. The Hall–Kier alpha value is -0.170. The lowest BCUT2D eigenvalue weighted by Crippen LogP contribution is -2.49. The van der Waals surface area contributed by atoms with E-state index in [4.69, 9.17) is 5.11 Å². The SMILES string of the molecule is C[C@@H]1COS(=O)(=O)N[C@@H]1CO. The largest absolute Gasteiger partial charge is 0.395 e. The van der Waals surface area contributed by atoms with E-state index in [1.165, 1.54) is 0 Å². The number of hydrogen-bond donors (Lipinski definition) is 2. The van der Waals surface area contributed by atoms with Crippen LogP contribution < -0.4 is 4.72 Å². The minimum absolute atomic E-state index is 0.0172. The molecule has 0 bridgehead atoms. The molecule has 6 heteroatoms. The van der Waals surface area contributed by atoms with Crippen molar-refractivity contribution in [1.82, 2.24) is 4.72 Å². The predicted octanol–water partition coefficient (Wildman–Crippen LogP) is -1.15. The van der Waals surface area contributed by atoms with E-state index in [0.717, 1.165) is 0 Å². The summed E-state index contributed by atoms with van der Waals surface area (Å²) in [7, 11) is -3.59. The van der Waals surface area contributed by atoms with Crippen LogP contribution in [0.2, 0.25) is 0 Å². The summed E-state index contributed by atoms with van der Waals surface area (Å²) in [5, 5.41) is 8.71. The summed E-state index contributed by atoms with van der Waals surface area (Å²) in [6.07, 6.45) is 0. The maximum atomic E-state index is 10.7. The quantitative estimate of drug-likeness (QED) is 0.535. The Morgan fingerprint density at radius 1 is 1.73 bits per heavy atom. The summed E-state index contributed by atoms with van der Waals surface area (Å²) >= 11 is 0. The standard InChI is InChI=1S/C5H11NO4S/c1-4-3-10-11(8,9)6-5(4)2-7/h4-7H,2-3H2,1H3/t4-,5-/m1/s1. The van der Waals surface area contributed by atoms with E-state index in [9.17, 15) is 8.42 Å². The van der Waals surface area contributed by atoms with Crippen molar-refractivity contribution in [2.24, 2.45) is 5.92 Å². The summed E-state index contributed by atoms with van der Waals surface area (Å²) in [6.45, 7) is 1.76. The molecule has 1 rings (SSSR count). The highest BCUT2D eigenvalue weighted by atomic mass is 32.2. The van der Waals surface area contributed by atoms with Gasteiger partial charge in [0.1, 0.15) is 0 Å². The average Bonchev–Trinajstić information content (AvgIpc) is 1.94. The van der Waals surface area contributed by atoms with E-state index in [2.05, 4.69) is 8.91 Å². The first-order chi connectivity index (χ1) is 5.05. The number of aliphatic hydroxyl groups is 1. The van der Waals surface area contributed by atoms with Crippen LogP contribution in [0, 0.1) is 5.92 Å². The third-order valence-corrected chi connectivity index (χ3v) is 2.70. The van der Waals surface area contributed by atoms with Crippen molar-refractivity contribution >= 4 is 10.3 Å². The minimum Gasteiger partial charge on any atom is -0.395 e. The van der Waals surface area contributed by atoms with E-state index in [1.807, 2.05) is 6.92 Å². The molecule has 0 spiro atoms. The van der Waals surface area contributed by atoms with E-state index in [-0.39, 0.29) is 19.1 Å². The molecule has 0 aromatic rings. The Morgan fingerprint density at radius 2 is 2.36 bits per heavy atom. The van der Waals surface area contributed by atoms with Crippen molar-refractivity contribution in [3.05, 3.63) is 0 Å². The first kappa shape index (κ1) is 8.92. The van der Waals surface area contributed by atoms with Gasteiger partial charge in [-0.3, -0.25) is 4.18 Å². The molecule has 0 amide bonds. The molecule has 1 fully saturated rings. The zero-order valence-electron chi connectivity index (χ0n) is 6.15. The van der Waals surface area contributed by atoms with Crippen LogP contribution in [0.4, 0.5) is 0 Å². The molecule has 0 aliphatic carbocycles. The van der Waals surface area contributed by atoms with E-state index in [0.29, 0.717) is 0 Å². The number of rotatable bonds is 1. The fourth-order valence-electron chi connectivity index (χ4n) is 0.866. The molecule has 11 heavy (non-hydrogen) atoms. The Bertz CT molecular complexity index is 225. The van der Waals surface area contributed by atoms with Crippen LogP contribution in [-0.4, -0.2) is 32.8 Å². The van der Waals surface area contributed by atoms with Crippen LogP contribution in [-0.2, 0) is 14.5 Å². The highest BCUT2D eigenvalue weighted by Gasteiger charge is 2.29. The Morgan fingerprint density at radius 3 is 2.82 bits per heavy atom. The molecule has 0 aromatic heterocycles. The first-order valence-electron chi connectivity index (χ1n) is 3.32. The molecule has 66 valence electrons. The van der Waals surface area contributed by atoms with E-state index >= 15 is 0 Å². The van der Waals surface area contributed by atoms with E-state index in [1.54, 1.807) is 0 Å². The number of aliphatic hydroxyl groups excluding tert-OH is 1. The van der Waals surface area contributed by atoms with Crippen LogP contribution in [0.3, 0.4) is 0 Å². The van der Waals surface area contributed by atoms with Crippen molar-refractivity contribution in [2.75, 3.05) is 13.2 Å². The molecule has 1 aliphatic rings.